The predicted molar refractivity (Wildman–Crippen MR) is 46.1 cm³/mol. The minimum Gasteiger partial charge on any atom is -0.317 e. The van der Waals surface area contributed by atoms with Gasteiger partial charge in [0.1, 0.15) is 5.82 Å². The normalized spacial score (nSPS) is 11.3. The minimum absolute atomic E-state index is 0.291. The van der Waals surface area contributed by atoms with Crippen molar-refractivity contribution in [1.29, 1.82) is 0 Å². The van der Waals surface area contributed by atoms with Crippen molar-refractivity contribution < 1.29 is 22.4 Å². The summed E-state index contributed by atoms with van der Waals surface area (Å²) in [6.45, 7) is 0. The van der Waals surface area contributed by atoms with Crippen LogP contribution in [0.15, 0.2) is 18.2 Å². The third kappa shape index (κ3) is 3.09. The van der Waals surface area contributed by atoms with Gasteiger partial charge in [0.15, 0.2) is 0 Å². The highest BCUT2D eigenvalue weighted by atomic mass is 35.5. The third-order valence-corrected chi connectivity index (χ3v) is 1.75. The number of carbonyl (C=O) groups is 1. The summed E-state index contributed by atoms with van der Waals surface area (Å²) in [6.07, 6.45) is -5.00. The zero-order valence-electron chi connectivity index (χ0n) is 7.03. The molecule has 2 nitrogen and oxygen atoms in total. The second-order valence-electron chi connectivity index (χ2n) is 2.58. The smallest absolute Gasteiger partial charge is 0.317 e. The molecule has 1 N–H and O–H groups in total. The molecule has 0 heterocycles. The van der Waals surface area contributed by atoms with E-state index in [1.165, 1.54) is 5.32 Å². The van der Waals surface area contributed by atoms with Crippen molar-refractivity contribution in [2.24, 2.45) is 0 Å². The first kappa shape index (κ1) is 11.8. The zero-order chi connectivity index (χ0) is 11.6. The molecule has 0 aliphatic rings. The van der Waals surface area contributed by atoms with Gasteiger partial charge in [0.05, 0.1) is 10.7 Å². The Hall–Kier alpha value is -1.30. The Balaban J connectivity index is 2.87. The van der Waals surface area contributed by atoms with Crippen LogP contribution in [-0.4, -0.2) is 12.1 Å². The maximum absolute atomic E-state index is 12.5. The molecule has 0 aliphatic heterocycles. The number of hydrogen-bond donors (Lipinski definition) is 1. The molecule has 0 saturated carbocycles. The van der Waals surface area contributed by atoms with Gasteiger partial charge >= 0.3 is 12.1 Å². The van der Waals surface area contributed by atoms with E-state index >= 15 is 0 Å². The van der Waals surface area contributed by atoms with Crippen LogP contribution in [0, 0.1) is 5.82 Å². The first-order chi connectivity index (χ1) is 6.80. The Kier molecular flexibility index (Phi) is 3.18. The lowest BCUT2D eigenvalue weighted by molar-refractivity contribution is -0.167. The molecular formula is C8H4ClF4NO. The molecule has 0 radical (unpaired) electrons. The molecule has 0 aliphatic carbocycles. The summed E-state index contributed by atoms with van der Waals surface area (Å²) >= 11 is 5.40. The van der Waals surface area contributed by atoms with Crippen molar-refractivity contribution in [2.45, 2.75) is 6.18 Å². The molecule has 1 aromatic carbocycles. The summed E-state index contributed by atoms with van der Waals surface area (Å²) in [4.78, 5) is 10.5. The van der Waals surface area contributed by atoms with Gasteiger partial charge in [-0.05, 0) is 18.2 Å². The van der Waals surface area contributed by atoms with Crippen LogP contribution in [0.25, 0.3) is 0 Å². The molecule has 0 bridgehead atoms. The largest absolute Gasteiger partial charge is 0.471 e. The predicted octanol–water partition coefficient (Wildman–Crippen LogP) is 2.98. The lowest BCUT2D eigenvalue weighted by atomic mass is 10.3. The van der Waals surface area contributed by atoms with Crippen LogP contribution in [0.4, 0.5) is 23.2 Å². The van der Waals surface area contributed by atoms with Crippen LogP contribution in [0.2, 0.25) is 5.02 Å². The molecule has 0 saturated heterocycles. The number of alkyl halides is 3. The van der Waals surface area contributed by atoms with Crippen molar-refractivity contribution in [3.8, 4) is 0 Å². The van der Waals surface area contributed by atoms with Crippen molar-refractivity contribution in [3.05, 3.63) is 29.0 Å². The standard InChI is InChI=1S/C8H4ClF4NO/c9-5-3-4(10)1-2-6(5)14-7(15)8(11,12)13/h1-3H,(H,14,15). The van der Waals surface area contributed by atoms with Crippen LogP contribution in [0.5, 0.6) is 0 Å². The summed E-state index contributed by atoms with van der Waals surface area (Å²) < 4.78 is 47.9. The van der Waals surface area contributed by atoms with Gasteiger partial charge in [-0.2, -0.15) is 13.2 Å². The fourth-order valence-electron chi connectivity index (χ4n) is 0.784. The van der Waals surface area contributed by atoms with E-state index in [2.05, 4.69) is 0 Å². The molecule has 7 heteroatoms. The number of carbonyl (C=O) groups excluding carboxylic acids is 1. The number of anilines is 1. The monoisotopic (exact) mass is 241 g/mol. The summed E-state index contributed by atoms with van der Waals surface area (Å²) in [5.74, 6) is -2.86. The van der Waals surface area contributed by atoms with Gasteiger partial charge in [0.25, 0.3) is 0 Å². The molecular weight excluding hydrogens is 238 g/mol. The average molecular weight is 242 g/mol. The lowest BCUT2D eigenvalue weighted by Crippen LogP contribution is -2.30. The number of halogens is 5. The minimum atomic E-state index is -5.00. The van der Waals surface area contributed by atoms with E-state index in [1.54, 1.807) is 0 Å². The van der Waals surface area contributed by atoms with E-state index in [0.29, 0.717) is 0 Å². The van der Waals surface area contributed by atoms with Crippen LogP contribution in [0.1, 0.15) is 0 Å². The van der Waals surface area contributed by atoms with Gasteiger partial charge in [-0.1, -0.05) is 11.6 Å². The van der Waals surface area contributed by atoms with Gasteiger partial charge in [-0.25, -0.2) is 4.39 Å². The fourth-order valence-corrected chi connectivity index (χ4v) is 0.999. The SMILES string of the molecule is O=C(Nc1ccc(F)cc1Cl)C(F)(F)F. The molecule has 0 fully saturated rings. The molecule has 1 aromatic rings. The van der Waals surface area contributed by atoms with Gasteiger partial charge in [-0.3, -0.25) is 4.79 Å². The summed E-state index contributed by atoms with van der Waals surface area (Å²) in [7, 11) is 0. The number of nitrogens with one attached hydrogen (secondary N) is 1. The van der Waals surface area contributed by atoms with Crippen LogP contribution in [-0.2, 0) is 4.79 Å². The number of amides is 1. The number of rotatable bonds is 1. The fraction of sp³-hybridized carbons (Fsp3) is 0.125. The highest BCUT2D eigenvalue weighted by Crippen LogP contribution is 2.25. The quantitative estimate of drug-likeness (QED) is 0.753. The van der Waals surface area contributed by atoms with Crippen LogP contribution < -0.4 is 5.32 Å². The highest BCUT2D eigenvalue weighted by molar-refractivity contribution is 6.33. The topological polar surface area (TPSA) is 29.1 Å². The molecule has 82 valence electrons. The van der Waals surface area contributed by atoms with E-state index < -0.39 is 17.9 Å². The molecule has 1 amide bonds. The Morgan fingerprint density at radius 2 is 1.93 bits per heavy atom. The van der Waals surface area contributed by atoms with E-state index in [-0.39, 0.29) is 10.7 Å². The van der Waals surface area contributed by atoms with Crippen molar-refractivity contribution in [3.63, 3.8) is 0 Å². The third-order valence-electron chi connectivity index (χ3n) is 1.44. The molecule has 0 atom stereocenters. The first-order valence-electron chi connectivity index (χ1n) is 3.64. The Morgan fingerprint density at radius 1 is 1.33 bits per heavy atom. The van der Waals surface area contributed by atoms with E-state index in [9.17, 15) is 22.4 Å². The number of benzene rings is 1. The Labute approximate surface area is 86.8 Å². The molecule has 15 heavy (non-hydrogen) atoms. The van der Waals surface area contributed by atoms with E-state index in [0.717, 1.165) is 18.2 Å². The molecule has 0 aromatic heterocycles. The highest BCUT2D eigenvalue weighted by Gasteiger charge is 2.38. The molecule has 0 spiro atoms. The van der Waals surface area contributed by atoms with Crippen molar-refractivity contribution in [1.82, 2.24) is 0 Å². The second kappa shape index (κ2) is 4.06. The van der Waals surface area contributed by atoms with Crippen molar-refractivity contribution >= 4 is 23.2 Å². The summed E-state index contributed by atoms with van der Waals surface area (Å²) in [5.41, 5.74) is -0.291. The Morgan fingerprint density at radius 3 is 2.40 bits per heavy atom. The first-order valence-corrected chi connectivity index (χ1v) is 4.02. The Bertz CT molecular complexity index is 391. The number of hydrogen-bond acceptors (Lipinski definition) is 1. The van der Waals surface area contributed by atoms with Crippen molar-refractivity contribution in [2.75, 3.05) is 5.32 Å². The molecule has 1 rings (SSSR count). The van der Waals surface area contributed by atoms with Crippen LogP contribution in [0.3, 0.4) is 0 Å². The summed E-state index contributed by atoms with van der Waals surface area (Å²) in [5, 5.41) is 1.22. The summed E-state index contributed by atoms with van der Waals surface area (Å²) in [6, 6.07) is 2.63. The maximum atomic E-state index is 12.5. The molecule has 0 unspecified atom stereocenters. The van der Waals surface area contributed by atoms with Crippen LogP contribution >= 0.6 is 11.6 Å². The lowest BCUT2D eigenvalue weighted by Gasteiger charge is -2.08. The van der Waals surface area contributed by atoms with E-state index in [4.69, 9.17) is 11.6 Å². The van der Waals surface area contributed by atoms with E-state index in [1.807, 2.05) is 0 Å². The average Bonchev–Trinajstić information content (AvgIpc) is 2.08. The van der Waals surface area contributed by atoms with Gasteiger partial charge in [-0.15, -0.1) is 0 Å². The van der Waals surface area contributed by atoms with Gasteiger partial charge in [0.2, 0.25) is 0 Å². The zero-order valence-corrected chi connectivity index (χ0v) is 7.79. The van der Waals surface area contributed by atoms with Gasteiger partial charge in [0, 0.05) is 0 Å². The maximum Gasteiger partial charge on any atom is 0.471 e. The second-order valence-corrected chi connectivity index (χ2v) is 2.98. The van der Waals surface area contributed by atoms with Gasteiger partial charge < -0.3 is 5.32 Å².